The molecule has 0 bridgehead atoms. The number of nitrogens with zero attached hydrogens (tertiary/aromatic N) is 1. The molecule has 0 aromatic carbocycles. The first-order chi connectivity index (χ1) is 6.16. The van der Waals surface area contributed by atoms with Crippen LogP contribution in [0.5, 0.6) is 0 Å². The molecule has 0 fully saturated rings. The van der Waals surface area contributed by atoms with E-state index in [0.29, 0.717) is 11.4 Å². The predicted octanol–water partition coefficient (Wildman–Crippen LogP) is -0.337. The van der Waals surface area contributed by atoms with E-state index in [9.17, 15) is 4.79 Å². The predicted molar refractivity (Wildman–Crippen MR) is 48.9 cm³/mol. The van der Waals surface area contributed by atoms with Crippen molar-refractivity contribution in [3.63, 3.8) is 0 Å². The Balaban J connectivity index is 2.78. The van der Waals surface area contributed by atoms with Gasteiger partial charge in [0, 0.05) is 0 Å². The summed E-state index contributed by atoms with van der Waals surface area (Å²) >= 11 is 0. The molecular formula is C8H10N4O. The Kier molecular flexibility index (Phi) is 2.55. The number of carbonyl (C=O) groups is 1. The molecule has 0 saturated carbocycles. The number of anilines is 1. The average molecular weight is 178 g/mol. The summed E-state index contributed by atoms with van der Waals surface area (Å²) in [6.07, 6.45) is 4.97. The van der Waals surface area contributed by atoms with Crippen molar-refractivity contribution in [3.05, 3.63) is 11.4 Å². The van der Waals surface area contributed by atoms with Crippen molar-refractivity contribution in [2.24, 2.45) is 0 Å². The highest BCUT2D eigenvalue weighted by molar-refractivity contribution is 5.97. The van der Waals surface area contributed by atoms with Crippen molar-refractivity contribution < 1.29 is 4.79 Å². The summed E-state index contributed by atoms with van der Waals surface area (Å²) in [4.78, 5) is 11.3. The van der Waals surface area contributed by atoms with Crippen LogP contribution in [0.15, 0.2) is 0 Å². The summed E-state index contributed by atoms with van der Waals surface area (Å²) in [5.74, 6) is 1.92. The molecule has 0 atom stereocenters. The number of aryl methyl sites for hydroxylation is 1. The van der Waals surface area contributed by atoms with E-state index in [1.165, 1.54) is 0 Å². The van der Waals surface area contributed by atoms with E-state index in [1.54, 1.807) is 6.92 Å². The second-order valence-electron chi connectivity index (χ2n) is 2.50. The molecule has 1 amide bonds. The quantitative estimate of drug-likeness (QED) is 0.542. The Bertz CT molecular complexity index is 361. The van der Waals surface area contributed by atoms with Gasteiger partial charge in [-0.2, -0.15) is 5.10 Å². The third-order valence-corrected chi connectivity index (χ3v) is 1.56. The fourth-order valence-corrected chi connectivity index (χ4v) is 0.826. The van der Waals surface area contributed by atoms with Crippen molar-refractivity contribution in [3.8, 4) is 12.3 Å². The first-order valence-corrected chi connectivity index (χ1v) is 3.69. The maximum absolute atomic E-state index is 11.3. The van der Waals surface area contributed by atoms with E-state index >= 15 is 0 Å². The van der Waals surface area contributed by atoms with Gasteiger partial charge in [-0.05, 0) is 6.92 Å². The van der Waals surface area contributed by atoms with Gasteiger partial charge in [0.05, 0.1) is 17.9 Å². The van der Waals surface area contributed by atoms with Crippen LogP contribution in [0.2, 0.25) is 0 Å². The van der Waals surface area contributed by atoms with Crippen LogP contribution in [0.4, 0.5) is 5.69 Å². The summed E-state index contributed by atoms with van der Waals surface area (Å²) in [5.41, 5.74) is 6.78. The van der Waals surface area contributed by atoms with E-state index in [0.717, 1.165) is 0 Å². The summed E-state index contributed by atoms with van der Waals surface area (Å²) in [6, 6.07) is 0. The van der Waals surface area contributed by atoms with Gasteiger partial charge in [0.1, 0.15) is 0 Å². The van der Waals surface area contributed by atoms with Crippen LogP contribution in [0, 0.1) is 19.3 Å². The standard InChI is InChI=1S/C8H10N4O/c1-3-4-10-8(13)7-6(9)5(2)11-12-7/h1H,4,9H2,2H3,(H,10,13)(H,11,12). The van der Waals surface area contributed by atoms with E-state index in [1.807, 2.05) is 0 Å². The second kappa shape index (κ2) is 3.63. The van der Waals surface area contributed by atoms with Crippen molar-refractivity contribution in [2.45, 2.75) is 6.92 Å². The molecule has 1 aromatic heterocycles. The first-order valence-electron chi connectivity index (χ1n) is 3.69. The first kappa shape index (κ1) is 9.13. The van der Waals surface area contributed by atoms with E-state index < -0.39 is 0 Å². The lowest BCUT2D eigenvalue weighted by Gasteiger charge is -1.97. The SMILES string of the molecule is C#CCNC(=O)c1n[nH]c(C)c1N. The van der Waals surface area contributed by atoms with Crippen molar-refractivity contribution in [2.75, 3.05) is 12.3 Å². The molecule has 5 nitrogen and oxygen atoms in total. The monoisotopic (exact) mass is 178 g/mol. The van der Waals surface area contributed by atoms with Gasteiger partial charge in [-0.25, -0.2) is 0 Å². The summed E-state index contributed by atoms with van der Waals surface area (Å²) in [5, 5.41) is 8.81. The Labute approximate surface area is 75.7 Å². The number of aromatic amines is 1. The molecule has 0 aliphatic carbocycles. The Morgan fingerprint density at radius 2 is 2.54 bits per heavy atom. The van der Waals surface area contributed by atoms with E-state index in [2.05, 4.69) is 21.4 Å². The molecule has 1 rings (SSSR count). The van der Waals surface area contributed by atoms with Gasteiger partial charge >= 0.3 is 0 Å². The van der Waals surface area contributed by atoms with Crippen LogP contribution < -0.4 is 11.1 Å². The molecule has 0 radical (unpaired) electrons. The molecule has 1 aromatic rings. The molecule has 13 heavy (non-hydrogen) atoms. The fraction of sp³-hybridized carbons (Fsp3) is 0.250. The minimum Gasteiger partial charge on any atom is -0.395 e. The Morgan fingerprint density at radius 1 is 1.85 bits per heavy atom. The van der Waals surface area contributed by atoms with Gasteiger partial charge in [-0.3, -0.25) is 9.89 Å². The van der Waals surface area contributed by atoms with Crippen molar-refractivity contribution in [1.82, 2.24) is 15.5 Å². The molecular weight excluding hydrogens is 168 g/mol. The molecule has 0 saturated heterocycles. The van der Waals surface area contributed by atoms with E-state index in [-0.39, 0.29) is 18.1 Å². The number of hydrogen-bond donors (Lipinski definition) is 3. The maximum Gasteiger partial charge on any atom is 0.274 e. The molecule has 0 aliphatic heterocycles. The number of aromatic nitrogens is 2. The fourth-order valence-electron chi connectivity index (χ4n) is 0.826. The Morgan fingerprint density at radius 3 is 3.00 bits per heavy atom. The number of rotatable bonds is 2. The van der Waals surface area contributed by atoms with E-state index in [4.69, 9.17) is 12.2 Å². The molecule has 0 aliphatic rings. The van der Waals surface area contributed by atoms with Crippen LogP contribution in [-0.2, 0) is 0 Å². The number of carbonyl (C=O) groups excluding carboxylic acids is 1. The number of hydrogen-bond acceptors (Lipinski definition) is 3. The van der Waals surface area contributed by atoms with Gasteiger partial charge in [0.25, 0.3) is 5.91 Å². The van der Waals surface area contributed by atoms with Gasteiger partial charge in [-0.15, -0.1) is 6.42 Å². The zero-order valence-electron chi connectivity index (χ0n) is 7.22. The summed E-state index contributed by atoms with van der Waals surface area (Å²) in [7, 11) is 0. The second-order valence-corrected chi connectivity index (χ2v) is 2.50. The number of H-pyrrole nitrogens is 1. The zero-order valence-corrected chi connectivity index (χ0v) is 7.22. The molecule has 1 heterocycles. The molecule has 68 valence electrons. The lowest BCUT2D eigenvalue weighted by Crippen LogP contribution is -2.24. The molecule has 0 unspecified atom stereocenters. The minimum atomic E-state index is -0.361. The van der Waals surface area contributed by atoms with Crippen LogP contribution in [0.25, 0.3) is 0 Å². The summed E-state index contributed by atoms with van der Waals surface area (Å²) in [6.45, 7) is 1.91. The number of nitrogens with two attached hydrogens (primary N) is 1. The average Bonchev–Trinajstić information content (AvgIpc) is 2.44. The lowest BCUT2D eigenvalue weighted by atomic mass is 10.3. The molecule has 0 spiro atoms. The largest absolute Gasteiger partial charge is 0.395 e. The van der Waals surface area contributed by atoms with Crippen LogP contribution in [-0.4, -0.2) is 22.6 Å². The van der Waals surface area contributed by atoms with Crippen LogP contribution in [0.3, 0.4) is 0 Å². The van der Waals surface area contributed by atoms with Gasteiger partial charge < -0.3 is 11.1 Å². The van der Waals surface area contributed by atoms with Gasteiger partial charge in [0.2, 0.25) is 0 Å². The van der Waals surface area contributed by atoms with Crippen LogP contribution in [0.1, 0.15) is 16.2 Å². The van der Waals surface area contributed by atoms with Gasteiger partial charge in [-0.1, -0.05) is 5.92 Å². The number of nitrogens with one attached hydrogen (secondary N) is 2. The van der Waals surface area contributed by atoms with Crippen LogP contribution >= 0.6 is 0 Å². The highest BCUT2D eigenvalue weighted by atomic mass is 16.1. The Hall–Kier alpha value is -1.96. The molecule has 4 N–H and O–H groups in total. The summed E-state index contributed by atoms with van der Waals surface area (Å²) < 4.78 is 0. The maximum atomic E-state index is 11.3. The smallest absolute Gasteiger partial charge is 0.274 e. The lowest BCUT2D eigenvalue weighted by molar-refractivity contribution is 0.0954. The number of amides is 1. The number of terminal acetylenes is 1. The number of nitrogen functional groups attached to an aromatic ring is 1. The zero-order chi connectivity index (χ0) is 9.84. The normalized spacial score (nSPS) is 9.23. The minimum absolute atomic E-state index is 0.171. The highest BCUT2D eigenvalue weighted by Crippen LogP contribution is 2.11. The highest BCUT2D eigenvalue weighted by Gasteiger charge is 2.13. The third kappa shape index (κ3) is 1.79. The van der Waals surface area contributed by atoms with Crippen molar-refractivity contribution >= 4 is 11.6 Å². The van der Waals surface area contributed by atoms with Crippen molar-refractivity contribution in [1.29, 1.82) is 0 Å². The molecule has 5 heteroatoms. The topological polar surface area (TPSA) is 83.8 Å². The third-order valence-electron chi connectivity index (χ3n) is 1.56. The van der Waals surface area contributed by atoms with Gasteiger partial charge in [0.15, 0.2) is 5.69 Å².